The summed E-state index contributed by atoms with van der Waals surface area (Å²) in [5, 5.41) is 17.3. The number of carbonyl (C=O) groups excluding carboxylic acids is 2. The number of pyridine rings is 1. The van der Waals surface area contributed by atoms with E-state index < -0.39 is 29.4 Å². The van der Waals surface area contributed by atoms with Gasteiger partial charge in [-0.25, -0.2) is 4.98 Å². The molecule has 1 saturated carbocycles. The summed E-state index contributed by atoms with van der Waals surface area (Å²) in [7, 11) is 0. The molecule has 0 spiro atoms. The summed E-state index contributed by atoms with van der Waals surface area (Å²) < 4.78 is 43.7. The van der Waals surface area contributed by atoms with Crippen molar-refractivity contribution in [2.45, 2.75) is 44.8 Å². The number of amides is 2. The zero-order valence-electron chi connectivity index (χ0n) is 19.1. The SMILES string of the molecule is Cc1nc(-n2nccn2)c(Cl)cc1NC(=O)c1cnn(C2CCCC3C(=O)NCCC32)c1C(F)(F)F. The third-order valence-electron chi connectivity index (χ3n) is 6.77. The lowest BCUT2D eigenvalue weighted by Crippen LogP contribution is -2.47. The third-order valence-corrected chi connectivity index (χ3v) is 7.05. The Morgan fingerprint density at radius 3 is 2.67 bits per heavy atom. The van der Waals surface area contributed by atoms with Gasteiger partial charge in [-0.3, -0.25) is 14.3 Å². The van der Waals surface area contributed by atoms with Crippen molar-refractivity contribution in [3.8, 4) is 5.82 Å². The van der Waals surface area contributed by atoms with E-state index in [1.807, 2.05) is 0 Å². The maximum atomic E-state index is 14.3. The number of aryl methyl sites for hydroxylation is 1. The summed E-state index contributed by atoms with van der Waals surface area (Å²) in [4.78, 5) is 30.8. The fourth-order valence-electron chi connectivity index (χ4n) is 5.17. The van der Waals surface area contributed by atoms with Crippen molar-refractivity contribution in [2.24, 2.45) is 11.8 Å². The van der Waals surface area contributed by atoms with Crippen LogP contribution in [0.5, 0.6) is 0 Å². The number of piperidine rings is 1. The first-order chi connectivity index (χ1) is 17.1. The summed E-state index contributed by atoms with van der Waals surface area (Å²) >= 11 is 6.26. The standard InChI is InChI=1S/C22H22ClF3N8O2/c1-11-16(9-15(23)19(31-11)34-28-7-8-29-34)32-21(36)14-10-30-33(18(14)22(24,25)26)17-4-2-3-13-12(17)5-6-27-20(13)35/h7-10,12-13,17H,2-6H2,1H3,(H,27,35)(H,32,36). The monoisotopic (exact) mass is 522 g/mol. The highest BCUT2D eigenvalue weighted by molar-refractivity contribution is 6.32. The van der Waals surface area contributed by atoms with Crippen molar-refractivity contribution >= 4 is 29.1 Å². The maximum absolute atomic E-state index is 14.3. The van der Waals surface area contributed by atoms with E-state index in [4.69, 9.17) is 11.6 Å². The van der Waals surface area contributed by atoms with Gasteiger partial charge in [-0.05, 0) is 38.2 Å². The van der Waals surface area contributed by atoms with Gasteiger partial charge in [0, 0.05) is 12.5 Å². The van der Waals surface area contributed by atoms with Crippen LogP contribution in [0.4, 0.5) is 18.9 Å². The van der Waals surface area contributed by atoms with Gasteiger partial charge in [0.1, 0.15) is 0 Å². The van der Waals surface area contributed by atoms with E-state index in [1.165, 1.54) is 23.3 Å². The molecule has 3 unspecified atom stereocenters. The van der Waals surface area contributed by atoms with Crippen LogP contribution in [0.3, 0.4) is 0 Å². The Hall–Kier alpha value is -3.48. The summed E-state index contributed by atoms with van der Waals surface area (Å²) in [6.45, 7) is 1.98. The topological polar surface area (TPSA) is 120 Å². The average molecular weight is 523 g/mol. The van der Waals surface area contributed by atoms with Crippen LogP contribution in [-0.2, 0) is 11.0 Å². The molecule has 1 saturated heterocycles. The predicted octanol–water partition coefficient (Wildman–Crippen LogP) is 3.57. The van der Waals surface area contributed by atoms with Crippen LogP contribution in [0.25, 0.3) is 5.82 Å². The van der Waals surface area contributed by atoms with E-state index in [0.29, 0.717) is 37.9 Å². The Kier molecular flexibility index (Phi) is 6.18. The highest BCUT2D eigenvalue weighted by atomic mass is 35.5. The highest BCUT2D eigenvalue weighted by Crippen LogP contribution is 2.44. The molecule has 2 amide bonds. The van der Waals surface area contributed by atoms with Crippen LogP contribution in [0.1, 0.15) is 53.5 Å². The largest absolute Gasteiger partial charge is 0.433 e. The molecule has 3 aromatic rings. The number of nitrogens with one attached hydrogen (secondary N) is 2. The van der Waals surface area contributed by atoms with Gasteiger partial charge in [0.25, 0.3) is 5.91 Å². The molecule has 1 aliphatic carbocycles. The second-order valence-electron chi connectivity index (χ2n) is 8.90. The highest BCUT2D eigenvalue weighted by Gasteiger charge is 2.46. The molecular formula is C22H22ClF3N8O2. The van der Waals surface area contributed by atoms with E-state index in [0.717, 1.165) is 10.9 Å². The molecule has 2 fully saturated rings. The van der Waals surface area contributed by atoms with Crippen LogP contribution in [0.15, 0.2) is 24.7 Å². The minimum absolute atomic E-state index is 0.0997. The second kappa shape index (κ2) is 9.19. The number of fused-ring (bicyclic) bond motifs is 1. The Labute approximate surface area is 208 Å². The summed E-state index contributed by atoms with van der Waals surface area (Å²) in [6, 6.07) is 0.747. The van der Waals surface area contributed by atoms with E-state index in [-0.39, 0.29) is 34.3 Å². The maximum Gasteiger partial charge on any atom is 0.433 e. The molecule has 36 heavy (non-hydrogen) atoms. The molecule has 3 atom stereocenters. The Morgan fingerprint density at radius 1 is 1.19 bits per heavy atom. The average Bonchev–Trinajstić information content (AvgIpc) is 3.51. The van der Waals surface area contributed by atoms with Crippen molar-refractivity contribution in [1.29, 1.82) is 0 Å². The van der Waals surface area contributed by atoms with Gasteiger partial charge >= 0.3 is 6.18 Å². The molecule has 3 aromatic heterocycles. The minimum atomic E-state index is -4.84. The zero-order valence-corrected chi connectivity index (χ0v) is 19.8. The predicted molar refractivity (Wildman–Crippen MR) is 122 cm³/mol. The third kappa shape index (κ3) is 4.31. The molecule has 0 radical (unpaired) electrons. The second-order valence-corrected chi connectivity index (χ2v) is 9.30. The van der Waals surface area contributed by atoms with E-state index >= 15 is 0 Å². The van der Waals surface area contributed by atoms with Crippen LogP contribution in [0, 0.1) is 18.8 Å². The molecule has 4 heterocycles. The number of hydrogen-bond acceptors (Lipinski definition) is 6. The van der Waals surface area contributed by atoms with Gasteiger partial charge in [-0.15, -0.1) is 4.80 Å². The van der Waals surface area contributed by atoms with Crippen molar-refractivity contribution < 1.29 is 22.8 Å². The van der Waals surface area contributed by atoms with Crippen LogP contribution < -0.4 is 10.6 Å². The Balaban J connectivity index is 1.47. The molecule has 2 N–H and O–H groups in total. The molecule has 2 aliphatic rings. The van der Waals surface area contributed by atoms with Gasteiger partial charge in [-0.1, -0.05) is 18.0 Å². The Morgan fingerprint density at radius 2 is 1.94 bits per heavy atom. The van der Waals surface area contributed by atoms with Gasteiger partial charge in [-0.2, -0.15) is 28.5 Å². The summed E-state index contributed by atoms with van der Waals surface area (Å²) in [5.74, 6) is -1.56. The molecule has 190 valence electrons. The van der Waals surface area contributed by atoms with Gasteiger partial charge < -0.3 is 10.6 Å². The molecule has 10 nitrogen and oxygen atoms in total. The number of anilines is 1. The minimum Gasteiger partial charge on any atom is -0.356 e. The normalized spacial score (nSPS) is 22.1. The fourth-order valence-corrected chi connectivity index (χ4v) is 5.40. The number of halogens is 4. The molecule has 0 bridgehead atoms. The molecule has 1 aliphatic heterocycles. The number of carbonyl (C=O) groups is 2. The van der Waals surface area contributed by atoms with Crippen molar-refractivity contribution in [1.82, 2.24) is 35.1 Å². The van der Waals surface area contributed by atoms with Crippen molar-refractivity contribution in [3.05, 3.63) is 46.6 Å². The first-order valence-electron chi connectivity index (χ1n) is 11.4. The van der Waals surface area contributed by atoms with Gasteiger partial charge in [0.05, 0.1) is 46.6 Å². The first-order valence-corrected chi connectivity index (χ1v) is 11.8. The van der Waals surface area contributed by atoms with Gasteiger partial charge in [0.15, 0.2) is 11.5 Å². The molecule has 14 heteroatoms. The summed E-state index contributed by atoms with van der Waals surface area (Å²) in [5.41, 5.74) is -1.29. The fraction of sp³-hybridized carbons (Fsp3) is 0.455. The van der Waals surface area contributed by atoms with E-state index in [9.17, 15) is 22.8 Å². The number of alkyl halides is 3. The van der Waals surface area contributed by atoms with Crippen LogP contribution >= 0.6 is 11.6 Å². The molecule has 5 rings (SSSR count). The quantitative estimate of drug-likeness (QED) is 0.540. The number of nitrogens with zero attached hydrogens (tertiary/aromatic N) is 6. The van der Waals surface area contributed by atoms with Crippen LogP contribution in [0.2, 0.25) is 5.02 Å². The van der Waals surface area contributed by atoms with Crippen molar-refractivity contribution in [2.75, 3.05) is 11.9 Å². The summed E-state index contributed by atoms with van der Waals surface area (Å²) in [6.07, 6.45) is 1.19. The molecular weight excluding hydrogens is 501 g/mol. The zero-order chi connectivity index (χ0) is 25.6. The van der Waals surface area contributed by atoms with Gasteiger partial charge in [0.2, 0.25) is 5.91 Å². The number of hydrogen-bond donors (Lipinski definition) is 2. The van der Waals surface area contributed by atoms with Crippen LogP contribution in [-0.4, -0.2) is 48.1 Å². The van der Waals surface area contributed by atoms with E-state index in [1.54, 1.807) is 6.92 Å². The number of rotatable bonds is 4. The number of aromatic nitrogens is 6. The van der Waals surface area contributed by atoms with E-state index in [2.05, 4.69) is 30.9 Å². The lowest BCUT2D eigenvalue weighted by Gasteiger charge is -2.41. The smallest absolute Gasteiger partial charge is 0.356 e. The first kappa shape index (κ1) is 24.2. The Bertz CT molecular complexity index is 1310. The molecule has 0 aromatic carbocycles. The lowest BCUT2D eigenvalue weighted by molar-refractivity contribution is -0.147. The van der Waals surface area contributed by atoms with Crippen molar-refractivity contribution in [3.63, 3.8) is 0 Å². The lowest BCUT2D eigenvalue weighted by atomic mass is 9.72.